The van der Waals surface area contributed by atoms with E-state index in [1.807, 2.05) is 60.7 Å². The Balaban J connectivity index is 1.32. The number of nitrogens with zero attached hydrogens (tertiary/aromatic N) is 1. The average molecular weight is 658 g/mol. The maximum atomic E-state index is 14.3. The fourth-order valence-electron chi connectivity index (χ4n) is 10.7. The molecule has 6 rings (SSSR count). The zero-order valence-electron chi connectivity index (χ0n) is 29.6. The molecule has 7 heteroatoms. The average Bonchev–Trinajstić information content (AvgIpc) is 3.44. The molecule has 48 heavy (non-hydrogen) atoms. The zero-order valence-corrected chi connectivity index (χ0v) is 29.6. The Bertz CT molecular complexity index is 1430. The van der Waals surface area contributed by atoms with Gasteiger partial charge in [-0.05, 0) is 116 Å². The third-order valence-corrected chi connectivity index (χ3v) is 13.1. The predicted molar refractivity (Wildman–Crippen MR) is 185 cm³/mol. The zero-order chi connectivity index (χ0) is 34.1. The molecule has 1 amide bonds. The Labute approximate surface area is 287 Å². The number of ether oxygens (including phenoxy) is 3. The molecular weight excluding hydrogens is 602 g/mol. The summed E-state index contributed by atoms with van der Waals surface area (Å²) >= 11 is 0. The summed E-state index contributed by atoms with van der Waals surface area (Å²) < 4.78 is 17.6. The fourth-order valence-corrected chi connectivity index (χ4v) is 10.7. The number of amides is 1. The van der Waals surface area contributed by atoms with Crippen molar-refractivity contribution < 1.29 is 28.6 Å². The van der Waals surface area contributed by atoms with E-state index in [1.165, 1.54) is 7.11 Å². The maximum Gasteiger partial charge on any atom is 0.410 e. The summed E-state index contributed by atoms with van der Waals surface area (Å²) in [4.78, 5) is 42.7. The number of fused-ring (bicyclic) bond motifs is 5. The fraction of sp³-hybridized carbons (Fsp3) is 0.634. The highest BCUT2D eigenvalue weighted by molar-refractivity contribution is 5.89. The molecule has 0 heterocycles. The molecule has 4 aliphatic rings. The summed E-state index contributed by atoms with van der Waals surface area (Å²) in [6.45, 7) is 10.0. The third kappa shape index (κ3) is 6.63. The van der Waals surface area contributed by atoms with Crippen molar-refractivity contribution >= 4 is 18.0 Å². The quantitative estimate of drug-likeness (QED) is 0.198. The Morgan fingerprint density at radius 2 is 1.60 bits per heavy atom. The molecule has 2 aromatic rings. The summed E-state index contributed by atoms with van der Waals surface area (Å²) in [6.07, 6.45) is 7.90. The lowest BCUT2D eigenvalue weighted by Gasteiger charge is -2.64. The number of benzene rings is 2. The van der Waals surface area contributed by atoms with Crippen LogP contribution in [0.25, 0.3) is 0 Å². The van der Waals surface area contributed by atoms with Crippen LogP contribution >= 0.6 is 0 Å². The van der Waals surface area contributed by atoms with Crippen LogP contribution < -0.4 is 0 Å². The Hall–Kier alpha value is -3.35. The van der Waals surface area contributed by atoms with Crippen molar-refractivity contribution in [1.82, 2.24) is 4.90 Å². The van der Waals surface area contributed by atoms with Gasteiger partial charge in [-0.15, -0.1) is 0 Å². The second kappa shape index (κ2) is 14.2. The molecule has 9 atom stereocenters. The van der Waals surface area contributed by atoms with Crippen LogP contribution in [-0.2, 0) is 25.6 Å². The SMILES string of the molecule is COC(=O)[C@H]1CC[C@H]2[C@@H]3CC[C@H]4C[C@H](OC(=O)c5ccccc5)CC[C@]4(C)[C@H]3[C@H](N(CCC(C)C)C(=O)OCc3ccccc3)C[C@]12C. The maximum absolute atomic E-state index is 14.3. The molecule has 0 radical (unpaired) electrons. The normalized spacial score (nSPS) is 33.9. The molecule has 0 saturated heterocycles. The second-order valence-electron chi connectivity index (χ2n) is 16.1. The molecule has 0 aliphatic heterocycles. The first-order chi connectivity index (χ1) is 23.0. The van der Waals surface area contributed by atoms with Gasteiger partial charge in [0.25, 0.3) is 0 Å². The molecule has 4 aliphatic carbocycles. The highest BCUT2D eigenvalue weighted by Crippen LogP contribution is 2.68. The van der Waals surface area contributed by atoms with E-state index in [0.29, 0.717) is 35.8 Å². The summed E-state index contributed by atoms with van der Waals surface area (Å²) in [6, 6.07) is 19.1. The largest absolute Gasteiger partial charge is 0.469 e. The summed E-state index contributed by atoms with van der Waals surface area (Å²) in [7, 11) is 1.51. The lowest BCUT2D eigenvalue weighted by atomic mass is 9.43. The molecule has 2 aromatic carbocycles. The molecule has 7 nitrogen and oxygen atoms in total. The highest BCUT2D eigenvalue weighted by atomic mass is 16.6. The molecule has 0 spiro atoms. The van der Waals surface area contributed by atoms with Crippen molar-refractivity contribution in [2.45, 2.75) is 104 Å². The molecule has 260 valence electrons. The lowest BCUT2D eigenvalue weighted by Crippen LogP contribution is -2.64. The van der Waals surface area contributed by atoms with Gasteiger partial charge in [-0.3, -0.25) is 4.79 Å². The van der Waals surface area contributed by atoms with Gasteiger partial charge >= 0.3 is 18.0 Å². The van der Waals surface area contributed by atoms with E-state index < -0.39 is 0 Å². The first-order valence-corrected chi connectivity index (χ1v) is 18.4. The van der Waals surface area contributed by atoms with Crippen LogP contribution in [0, 0.1) is 46.3 Å². The van der Waals surface area contributed by atoms with Gasteiger partial charge in [-0.25, -0.2) is 9.59 Å². The van der Waals surface area contributed by atoms with Gasteiger partial charge in [0.15, 0.2) is 0 Å². The topological polar surface area (TPSA) is 82.1 Å². The van der Waals surface area contributed by atoms with E-state index in [-0.39, 0.29) is 59.5 Å². The Morgan fingerprint density at radius 1 is 0.896 bits per heavy atom. The second-order valence-corrected chi connectivity index (χ2v) is 16.1. The lowest BCUT2D eigenvalue weighted by molar-refractivity contribution is -0.170. The van der Waals surface area contributed by atoms with E-state index in [1.54, 1.807) is 0 Å². The van der Waals surface area contributed by atoms with Gasteiger partial charge in [0.2, 0.25) is 0 Å². The van der Waals surface area contributed by atoms with Gasteiger partial charge in [-0.2, -0.15) is 0 Å². The van der Waals surface area contributed by atoms with E-state index in [9.17, 15) is 14.4 Å². The van der Waals surface area contributed by atoms with Crippen molar-refractivity contribution in [3.8, 4) is 0 Å². The van der Waals surface area contributed by atoms with Crippen LogP contribution in [0.4, 0.5) is 4.79 Å². The van der Waals surface area contributed by atoms with Gasteiger partial charge in [-0.1, -0.05) is 76.2 Å². The minimum atomic E-state index is -0.255. The van der Waals surface area contributed by atoms with Crippen LogP contribution in [0.2, 0.25) is 0 Å². The molecular formula is C41H55NO6. The van der Waals surface area contributed by atoms with E-state index in [4.69, 9.17) is 14.2 Å². The summed E-state index contributed by atoms with van der Waals surface area (Å²) in [5.74, 6) is 1.37. The van der Waals surface area contributed by atoms with Gasteiger partial charge in [0.1, 0.15) is 12.7 Å². The van der Waals surface area contributed by atoms with E-state index >= 15 is 0 Å². The van der Waals surface area contributed by atoms with Crippen LogP contribution in [-0.4, -0.2) is 48.7 Å². The minimum absolute atomic E-state index is 0.0241. The smallest absolute Gasteiger partial charge is 0.410 e. The van der Waals surface area contributed by atoms with Gasteiger partial charge < -0.3 is 19.1 Å². The molecule has 0 N–H and O–H groups in total. The number of carbonyl (C=O) groups excluding carboxylic acids is 3. The monoisotopic (exact) mass is 657 g/mol. The summed E-state index contributed by atoms with van der Waals surface area (Å²) in [5.41, 5.74) is 1.29. The van der Waals surface area contributed by atoms with Crippen molar-refractivity contribution in [1.29, 1.82) is 0 Å². The Morgan fingerprint density at radius 3 is 2.29 bits per heavy atom. The first kappa shape index (κ1) is 34.5. The number of carbonyl (C=O) groups is 3. The molecule has 4 fully saturated rings. The minimum Gasteiger partial charge on any atom is -0.469 e. The molecule has 4 saturated carbocycles. The molecule has 0 bridgehead atoms. The van der Waals surface area contributed by atoms with E-state index in [0.717, 1.165) is 63.4 Å². The van der Waals surface area contributed by atoms with Gasteiger partial charge in [0, 0.05) is 12.6 Å². The summed E-state index contributed by atoms with van der Waals surface area (Å²) in [5, 5.41) is 0. The van der Waals surface area contributed by atoms with Crippen LogP contribution in [0.5, 0.6) is 0 Å². The van der Waals surface area contributed by atoms with Crippen molar-refractivity contribution in [2.75, 3.05) is 13.7 Å². The van der Waals surface area contributed by atoms with Crippen LogP contribution in [0.1, 0.15) is 101 Å². The molecule has 0 unspecified atom stereocenters. The predicted octanol–water partition coefficient (Wildman–Crippen LogP) is 8.71. The number of hydrogen-bond acceptors (Lipinski definition) is 6. The molecule has 0 aromatic heterocycles. The number of rotatable bonds is 9. The van der Waals surface area contributed by atoms with Crippen LogP contribution in [0.3, 0.4) is 0 Å². The van der Waals surface area contributed by atoms with Crippen molar-refractivity contribution in [3.63, 3.8) is 0 Å². The van der Waals surface area contributed by atoms with Crippen molar-refractivity contribution in [2.24, 2.45) is 46.3 Å². The first-order valence-electron chi connectivity index (χ1n) is 18.4. The third-order valence-electron chi connectivity index (χ3n) is 13.1. The van der Waals surface area contributed by atoms with Crippen molar-refractivity contribution in [3.05, 3.63) is 71.8 Å². The van der Waals surface area contributed by atoms with Crippen LogP contribution in [0.15, 0.2) is 60.7 Å². The van der Waals surface area contributed by atoms with E-state index in [2.05, 4.69) is 32.6 Å². The number of esters is 2. The highest BCUT2D eigenvalue weighted by Gasteiger charge is 2.65. The van der Waals surface area contributed by atoms with Gasteiger partial charge in [0.05, 0.1) is 18.6 Å². The Kier molecular flexibility index (Phi) is 10.2. The standard InChI is InChI=1S/C41H55NO6/c1-27(2)21-23-42(39(45)47-26-28-12-8-6-9-13-28)35-25-41(4)33(18-19-34(41)38(44)46-5)32-17-16-30-24-31(20-22-40(30,3)36(32)35)48-37(43)29-14-10-7-11-15-29/h6-15,27,30-36H,16-26H2,1-5H3/t30-,31+,32-,33-,34+,35+,36+,40-,41-/m0/s1. The number of methoxy groups -OCH3 is 1. The number of hydrogen-bond donors (Lipinski definition) is 0.